The molecule has 1 aromatic carbocycles. The minimum Gasteiger partial charge on any atom is -0.314 e. The predicted octanol–water partition coefficient (Wildman–Crippen LogP) is 2.90. The molecule has 1 atom stereocenters. The highest BCUT2D eigenvalue weighted by molar-refractivity contribution is 5.19. The second kappa shape index (κ2) is 8.09. The lowest BCUT2D eigenvalue weighted by Crippen LogP contribution is -2.48. The van der Waals surface area contributed by atoms with Crippen LogP contribution < -0.4 is 5.32 Å². The molecule has 22 heavy (non-hydrogen) atoms. The molecular formula is C19H31N3. The lowest BCUT2D eigenvalue weighted by atomic mass is 9.92. The van der Waals surface area contributed by atoms with Gasteiger partial charge >= 0.3 is 0 Å². The number of nitrogens with zero attached hydrogens (tertiary/aromatic N) is 2. The smallest absolute Gasteiger partial charge is 0.0475 e. The van der Waals surface area contributed by atoms with E-state index in [2.05, 4.69) is 52.5 Å². The minimum absolute atomic E-state index is 0.530. The van der Waals surface area contributed by atoms with Gasteiger partial charge in [0.25, 0.3) is 0 Å². The van der Waals surface area contributed by atoms with E-state index in [1.54, 1.807) is 0 Å². The highest BCUT2D eigenvalue weighted by Crippen LogP contribution is 2.29. The fraction of sp³-hybridized carbons (Fsp3) is 0.684. The van der Waals surface area contributed by atoms with Crippen molar-refractivity contribution in [1.29, 1.82) is 0 Å². The Morgan fingerprint density at radius 1 is 1.09 bits per heavy atom. The van der Waals surface area contributed by atoms with Crippen LogP contribution in [0.1, 0.15) is 43.7 Å². The second-order valence-electron chi connectivity index (χ2n) is 6.93. The van der Waals surface area contributed by atoms with Crippen molar-refractivity contribution in [2.24, 2.45) is 0 Å². The molecule has 1 aromatic rings. The summed E-state index contributed by atoms with van der Waals surface area (Å²) in [6, 6.07) is 12.4. The first-order valence-electron chi connectivity index (χ1n) is 9.04. The van der Waals surface area contributed by atoms with E-state index < -0.39 is 0 Å². The van der Waals surface area contributed by atoms with E-state index in [9.17, 15) is 0 Å². The van der Waals surface area contributed by atoms with Crippen molar-refractivity contribution < 1.29 is 0 Å². The zero-order valence-electron chi connectivity index (χ0n) is 14.0. The molecule has 1 aliphatic heterocycles. The fourth-order valence-electron chi connectivity index (χ4n) is 4.03. The average Bonchev–Trinajstić information content (AvgIpc) is 2.61. The number of nitrogens with one attached hydrogen (secondary N) is 1. The van der Waals surface area contributed by atoms with Gasteiger partial charge in [-0.15, -0.1) is 0 Å². The van der Waals surface area contributed by atoms with Crippen LogP contribution in [0.4, 0.5) is 0 Å². The molecule has 0 radical (unpaired) electrons. The molecule has 3 rings (SSSR count). The van der Waals surface area contributed by atoms with Crippen molar-refractivity contribution in [3.8, 4) is 0 Å². The number of benzene rings is 1. The third-order valence-electron chi connectivity index (χ3n) is 5.47. The number of likely N-dealkylation sites (N-methyl/N-ethyl adjacent to an activating group) is 1. The van der Waals surface area contributed by atoms with Crippen molar-refractivity contribution in [3.63, 3.8) is 0 Å². The number of rotatable bonds is 5. The molecule has 2 fully saturated rings. The van der Waals surface area contributed by atoms with Gasteiger partial charge in [-0.3, -0.25) is 9.80 Å². The minimum atomic E-state index is 0.530. The number of hydrogen-bond acceptors (Lipinski definition) is 3. The molecular weight excluding hydrogens is 270 g/mol. The Labute approximate surface area is 135 Å². The highest BCUT2D eigenvalue weighted by Gasteiger charge is 2.27. The highest BCUT2D eigenvalue weighted by atomic mass is 15.2. The van der Waals surface area contributed by atoms with Gasteiger partial charge in [0.1, 0.15) is 0 Å². The van der Waals surface area contributed by atoms with Gasteiger partial charge in [-0.25, -0.2) is 0 Å². The normalized spacial score (nSPS) is 22.8. The molecule has 0 aromatic heterocycles. The Kier molecular flexibility index (Phi) is 5.88. The molecule has 0 bridgehead atoms. The average molecular weight is 301 g/mol. The largest absolute Gasteiger partial charge is 0.314 e. The molecule has 1 aliphatic carbocycles. The van der Waals surface area contributed by atoms with E-state index >= 15 is 0 Å². The molecule has 3 nitrogen and oxygen atoms in total. The van der Waals surface area contributed by atoms with Crippen molar-refractivity contribution in [2.75, 3.05) is 39.8 Å². The van der Waals surface area contributed by atoms with Gasteiger partial charge in [-0.05, 0) is 25.5 Å². The van der Waals surface area contributed by atoms with Crippen LogP contribution in [-0.4, -0.2) is 55.6 Å². The van der Waals surface area contributed by atoms with Crippen molar-refractivity contribution >= 4 is 0 Å². The predicted molar refractivity (Wildman–Crippen MR) is 93.1 cm³/mol. The van der Waals surface area contributed by atoms with Gasteiger partial charge in [0.15, 0.2) is 0 Å². The summed E-state index contributed by atoms with van der Waals surface area (Å²) in [4.78, 5) is 5.31. The van der Waals surface area contributed by atoms with Gasteiger partial charge in [-0.1, -0.05) is 49.6 Å². The maximum absolute atomic E-state index is 3.47. The molecule has 1 unspecified atom stereocenters. The molecule has 0 spiro atoms. The third-order valence-corrected chi connectivity index (χ3v) is 5.47. The van der Waals surface area contributed by atoms with Crippen LogP contribution in [0.25, 0.3) is 0 Å². The van der Waals surface area contributed by atoms with Gasteiger partial charge in [-0.2, -0.15) is 0 Å². The summed E-state index contributed by atoms with van der Waals surface area (Å²) in [6.07, 6.45) is 7.00. The topological polar surface area (TPSA) is 18.5 Å². The van der Waals surface area contributed by atoms with Crippen LogP contribution in [0.3, 0.4) is 0 Å². The molecule has 1 saturated carbocycles. The Morgan fingerprint density at radius 3 is 2.45 bits per heavy atom. The lowest BCUT2D eigenvalue weighted by Gasteiger charge is -2.40. The maximum atomic E-state index is 3.47. The van der Waals surface area contributed by atoms with Crippen molar-refractivity contribution in [3.05, 3.63) is 35.9 Å². The van der Waals surface area contributed by atoms with E-state index in [1.165, 1.54) is 57.3 Å². The van der Waals surface area contributed by atoms with Crippen LogP contribution in [0.5, 0.6) is 0 Å². The molecule has 0 amide bonds. The van der Waals surface area contributed by atoms with Crippen LogP contribution in [-0.2, 0) is 0 Å². The maximum Gasteiger partial charge on any atom is 0.0475 e. The van der Waals surface area contributed by atoms with E-state index in [0.717, 1.165) is 19.1 Å². The van der Waals surface area contributed by atoms with E-state index in [4.69, 9.17) is 0 Å². The first-order chi connectivity index (χ1) is 10.8. The summed E-state index contributed by atoms with van der Waals surface area (Å²) in [5.41, 5.74) is 1.48. The van der Waals surface area contributed by atoms with Crippen LogP contribution >= 0.6 is 0 Å². The lowest BCUT2D eigenvalue weighted by molar-refractivity contribution is 0.0966. The molecule has 3 heteroatoms. The Morgan fingerprint density at radius 2 is 1.77 bits per heavy atom. The SMILES string of the molecule is CN(C1CCCCC1)C(CN1CCNCC1)c1ccccc1. The summed E-state index contributed by atoms with van der Waals surface area (Å²) in [5.74, 6) is 0. The Balaban J connectivity index is 1.72. The summed E-state index contributed by atoms with van der Waals surface area (Å²) in [6.45, 7) is 5.80. The van der Waals surface area contributed by atoms with Crippen molar-refractivity contribution in [2.45, 2.75) is 44.2 Å². The summed E-state index contributed by atoms with van der Waals surface area (Å²) in [7, 11) is 2.36. The Bertz CT molecular complexity index is 422. The van der Waals surface area contributed by atoms with Crippen molar-refractivity contribution in [1.82, 2.24) is 15.1 Å². The van der Waals surface area contributed by atoms with Gasteiger partial charge in [0.05, 0.1) is 0 Å². The molecule has 122 valence electrons. The molecule has 2 aliphatic rings. The zero-order chi connectivity index (χ0) is 15.2. The van der Waals surface area contributed by atoms with Crippen LogP contribution in [0, 0.1) is 0 Å². The summed E-state index contributed by atoms with van der Waals surface area (Å²) in [5, 5.41) is 3.47. The third kappa shape index (κ3) is 4.09. The first kappa shape index (κ1) is 16.0. The standard InChI is InChI=1S/C19H31N3/c1-21(18-10-6-3-7-11-18)19(17-8-4-2-5-9-17)16-22-14-12-20-13-15-22/h2,4-5,8-9,18-20H,3,6-7,10-16H2,1H3. The second-order valence-corrected chi connectivity index (χ2v) is 6.93. The quantitative estimate of drug-likeness (QED) is 0.902. The molecule has 1 saturated heterocycles. The van der Waals surface area contributed by atoms with E-state index in [-0.39, 0.29) is 0 Å². The van der Waals surface area contributed by atoms with Gasteiger partial charge in [0.2, 0.25) is 0 Å². The molecule has 1 N–H and O–H groups in total. The van der Waals surface area contributed by atoms with Crippen LogP contribution in [0.2, 0.25) is 0 Å². The van der Waals surface area contributed by atoms with E-state index in [0.29, 0.717) is 6.04 Å². The zero-order valence-corrected chi connectivity index (χ0v) is 14.0. The van der Waals surface area contributed by atoms with Crippen LogP contribution in [0.15, 0.2) is 30.3 Å². The monoisotopic (exact) mass is 301 g/mol. The van der Waals surface area contributed by atoms with E-state index in [1.807, 2.05) is 0 Å². The number of hydrogen-bond donors (Lipinski definition) is 1. The summed E-state index contributed by atoms with van der Waals surface area (Å²) < 4.78 is 0. The fourth-order valence-corrected chi connectivity index (χ4v) is 4.03. The van der Waals surface area contributed by atoms with Gasteiger partial charge in [0, 0.05) is 44.8 Å². The Hall–Kier alpha value is -0.900. The number of piperazine rings is 1. The summed E-state index contributed by atoms with van der Waals surface area (Å²) >= 11 is 0. The van der Waals surface area contributed by atoms with Gasteiger partial charge < -0.3 is 5.32 Å². The molecule has 1 heterocycles. The first-order valence-corrected chi connectivity index (χ1v) is 9.04.